The number of fused-ring (bicyclic) bond motifs is 1. The van der Waals surface area contributed by atoms with Gasteiger partial charge in [0.05, 0.1) is 5.52 Å². The second-order valence-electron chi connectivity index (χ2n) is 5.36. The average Bonchev–Trinajstić information content (AvgIpc) is 2.58. The summed E-state index contributed by atoms with van der Waals surface area (Å²) in [7, 11) is 0. The van der Waals surface area contributed by atoms with Gasteiger partial charge in [0.15, 0.2) is 10.4 Å². The van der Waals surface area contributed by atoms with E-state index in [1.165, 1.54) is 5.56 Å². The lowest BCUT2D eigenvalue weighted by atomic mass is 9.90. The minimum atomic E-state index is 0.235. The van der Waals surface area contributed by atoms with E-state index in [-0.39, 0.29) is 5.41 Å². The van der Waals surface area contributed by atoms with Crippen molar-refractivity contribution >= 4 is 23.4 Å². The van der Waals surface area contributed by atoms with Crippen molar-refractivity contribution in [1.29, 1.82) is 0 Å². The van der Waals surface area contributed by atoms with Crippen LogP contribution in [0.2, 0.25) is 0 Å². The third-order valence-electron chi connectivity index (χ3n) is 3.42. The van der Waals surface area contributed by atoms with Crippen molar-refractivity contribution in [2.45, 2.75) is 40.7 Å². The number of hydrogen-bond acceptors (Lipinski definition) is 2. The van der Waals surface area contributed by atoms with Gasteiger partial charge in [-0.25, -0.2) is 4.98 Å². The lowest BCUT2D eigenvalue weighted by Crippen LogP contribution is -2.18. The first kappa shape index (κ1) is 12.3. The molecule has 0 aliphatic carbocycles. The highest BCUT2D eigenvalue weighted by Crippen LogP contribution is 2.25. The molecule has 0 fully saturated rings. The molecular weight excluding hydrogens is 230 g/mol. The van der Waals surface area contributed by atoms with Gasteiger partial charge < -0.3 is 9.55 Å². The van der Waals surface area contributed by atoms with Crippen molar-refractivity contribution in [1.82, 2.24) is 14.5 Å². The van der Waals surface area contributed by atoms with E-state index in [4.69, 9.17) is 12.2 Å². The molecule has 2 rings (SSSR count). The van der Waals surface area contributed by atoms with E-state index in [1.807, 2.05) is 12.3 Å². The van der Waals surface area contributed by atoms with Gasteiger partial charge in [0.1, 0.15) is 0 Å². The normalized spacial score (nSPS) is 12.2. The third-order valence-corrected chi connectivity index (χ3v) is 3.74. The Morgan fingerprint density at radius 2 is 2.18 bits per heavy atom. The van der Waals surface area contributed by atoms with Crippen LogP contribution in [-0.4, -0.2) is 14.5 Å². The maximum Gasteiger partial charge on any atom is 0.179 e. The molecule has 92 valence electrons. The van der Waals surface area contributed by atoms with Crippen LogP contribution in [0.5, 0.6) is 0 Å². The van der Waals surface area contributed by atoms with E-state index in [0.29, 0.717) is 0 Å². The highest BCUT2D eigenvalue weighted by atomic mass is 32.1. The van der Waals surface area contributed by atoms with Gasteiger partial charge in [-0.15, -0.1) is 0 Å². The van der Waals surface area contributed by atoms with Gasteiger partial charge in [-0.3, -0.25) is 0 Å². The first-order valence-electron chi connectivity index (χ1n) is 5.99. The number of nitrogens with one attached hydrogen (secondary N) is 1. The Bertz CT molecular complexity index is 592. The van der Waals surface area contributed by atoms with E-state index >= 15 is 0 Å². The summed E-state index contributed by atoms with van der Waals surface area (Å²) < 4.78 is 2.88. The Balaban J connectivity index is 2.58. The SMILES string of the molecule is CCC(C)(C)Cn1c(=S)[nH]c2c(C)ccnc21. The summed E-state index contributed by atoms with van der Waals surface area (Å²) in [6, 6.07) is 2.00. The number of aryl methyl sites for hydroxylation is 1. The zero-order valence-electron chi connectivity index (χ0n) is 10.9. The number of imidazole rings is 1. The van der Waals surface area contributed by atoms with Crippen LogP contribution in [0.3, 0.4) is 0 Å². The summed E-state index contributed by atoms with van der Waals surface area (Å²) in [5, 5.41) is 0. The Morgan fingerprint density at radius 1 is 1.47 bits per heavy atom. The molecule has 1 N–H and O–H groups in total. The van der Waals surface area contributed by atoms with Crippen molar-refractivity contribution < 1.29 is 0 Å². The zero-order chi connectivity index (χ0) is 12.6. The molecule has 0 aliphatic heterocycles. The highest BCUT2D eigenvalue weighted by Gasteiger charge is 2.18. The van der Waals surface area contributed by atoms with Crippen LogP contribution < -0.4 is 0 Å². The molecule has 0 unspecified atom stereocenters. The summed E-state index contributed by atoms with van der Waals surface area (Å²) in [5.74, 6) is 0. The van der Waals surface area contributed by atoms with Crippen molar-refractivity contribution in [2.75, 3.05) is 0 Å². The van der Waals surface area contributed by atoms with E-state index in [9.17, 15) is 0 Å². The first-order chi connectivity index (χ1) is 7.94. The van der Waals surface area contributed by atoms with Gasteiger partial charge >= 0.3 is 0 Å². The molecular formula is C13H19N3S. The first-order valence-corrected chi connectivity index (χ1v) is 6.39. The van der Waals surface area contributed by atoms with Crippen molar-refractivity contribution in [3.05, 3.63) is 22.6 Å². The Kier molecular flexibility index (Phi) is 3.08. The highest BCUT2D eigenvalue weighted by molar-refractivity contribution is 7.71. The van der Waals surface area contributed by atoms with E-state index < -0.39 is 0 Å². The Hall–Kier alpha value is -1.16. The number of aromatic amines is 1. The van der Waals surface area contributed by atoms with Crippen molar-refractivity contribution in [2.24, 2.45) is 5.41 Å². The molecule has 0 aromatic carbocycles. The lowest BCUT2D eigenvalue weighted by molar-refractivity contribution is 0.296. The Morgan fingerprint density at radius 3 is 2.82 bits per heavy atom. The minimum absolute atomic E-state index is 0.235. The topological polar surface area (TPSA) is 33.6 Å². The summed E-state index contributed by atoms with van der Waals surface area (Å²) in [5.41, 5.74) is 3.45. The molecule has 3 nitrogen and oxygen atoms in total. The number of H-pyrrole nitrogens is 1. The number of aromatic nitrogens is 3. The molecule has 2 heterocycles. The van der Waals surface area contributed by atoms with Crippen molar-refractivity contribution in [3.8, 4) is 0 Å². The van der Waals surface area contributed by atoms with Crippen LogP contribution in [0.25, 0.3) is 11.2 Å². The zero-order valence-corrected chi connectivity index (χ0v) is 11.7. The van der Waals surface area contributed by atoms with E-state index in [2.05, 4.69) is 42.2 Å². The van der Waals surface area contributed by atoms with Gasteiger partial charge in [0, 0.05) is 12.7 Å². The largest absolute Gasteiger partial charge is 0.329 e. The second kappa shape index (κ2) is 4.26. The Labute approximate surface area is 107 Å². The lowest BCUT2D eigenvalue weighted by Gasteiger charge is -2.23. The molecule has 0 amide bonds. The van der Waals surface area contributed by atoms with E-state index in [1.54, 1.807) is 0 Å². The van der Waals surface area contributed by atoms with Crippen LogP contribution in [0.1, 0.15) is 32.8 Å². The van der Waals surface area contributed by atoms with Crippen LogP contribution in [0, 0.1) is 17.1 Å². The standard InChI is InChI=1S/C13H19N3S/c1-5-13(3,4)8-16-11-10(15-12(16)17)9(2)6-7-14-11/h6-7H,5,8H2,1-4H3,(H,15,17). The van der Waals surface area contributed by atoms with Crippen LogP contribution >= 0.6 is 12.2 Å². The van der Waals surface area contributed by atoms with Gasteiger partial charge in [-0.05, 0) is 42.6 Å². The summed E-state index contributed by atoms with van der Waals surface area (Å²) in [6.45, 7) is 9.69. The predicted octanol–water partition coefficient (Wildman–Crippen LogP) is 3.84. The summed E-state index contributed by atoms with van der Waals surface area (Å²) in [4.78, 5) is 7.70. The summed E-state index contributed by atoms with van der Waals surface area (Å²) >= 11 is 5.40. The molecule has 4 heteroatoms. The maximum atomic E-state index is 5.40. The molecule has 0 saturated heterocycles. The predicted molar refractivity (Wildman–Crippen MR) is 73.7 cm³/mol. The molecule has 0 atom stereocenters. The molecule has 0 spiro atoms. The fraction of sp³-hybridized carbons (Fsp3) is 0.538. The maximum absolute atomic E-state index is 5.40. The number of rotatable bonds is 3. The average molecular weight is 249 g/mol. The molecule has 0 saturated carbocycles. The van der Waals surface area contributed by atoms with Gasteiger partial charge in [-0.1, -0.05) is 20.8 Å². The molecule has 0 bridgehead atoms. The number of hydrogen-bond donors (Lipinski definition) is 1. The second-order valence-corrected chi connectivity index (χ2v) is 5.75. The quantitative estimate of drug-likeness (QED) is 0.838. The molecule has 0 radical (unpaired) electrons. The number of nitrogens with zero attached hydrogens (tertiary/aromatic N) is 2. The van der Waals surface area contributed by atoms with Crippen LogP contribution in [0.4, 0.5) is 0 Å². The molecule has 0 aliphatic rings. The minimum Gasteiger partial charge on any atom is -0.329 e. The molecule has 17 heavy (non-hydrogen) atoms. The smallest absolute Gasteiger partial charge is 0.179 e. The number of pyridine rings is 1. The van der Waals surface area contributed by atoms with Crippen LogP contribution in [-0.2, 0) is 6.54 Å². The molecule has 2 aromatic rings. The fourth-order valence-electron chi connectivity index (χ4n) is 1.86. The van der Waals surface area contributed by atoms with Crippen molar-refractivity contribution in [3.63, 3.8) is 0 Å². The van der Waals surface area contributed by atoms with Gasteiger partial charge in [0.25, 0.3) is 0 Å². The monoisotopic (exact) mass is 249 g/mol. The summed E-state index contributed by atoms with van der Waals surface area (Å²) in [6.07, 6.45) is 2.96. The van der Waals surface area contributed by atoms with E-state index in [0.717, 1.165) is 28.9 Å². The van der Waals surface area contributed by atoms with Crippen LogP contribution in [0.15, 0.2) is 12.3 Å². The van der Waals surface area contributed by atoms with Gasteiger partial charge in [0.2, 0.25) is 0 Å². The molecule has 2 aromatic heterocycles. The van der Waals surface area contributed by atoms with Gasteiger partial charge in [-0.2, -0.15) is 0 Å². The third kappa shape index (κ3) is 2.27. The fourth-order valence-corrected chi connectivity index (χ4v) is 2.11.